The second kappa shape index (κ2) is 11.0. The van der Waals surface area contributed by atoms with E-state index in [9.17, 15) is 9.59 Å². The third-order valence-electron chi connectivity index (χ3n) is 5.88. The van der Waals surface area contributed by atoms with E-state index in [1.807, 2.05) is 60.5 Å². The van der Waals surface area contributed by atoms with Crippen LogP contribution in [0, 0.1) is 0 Å². The van der Waals surface area contributed by atoms with Crippen LogP contribution in [0.15, 0.2) is 54.1 Å². The highest BCUT2D eigenvalue weighted by Gasteiger charge is 2.28. The van der Waals surface area contributed by atoms with Crippen molar-refractivity contribution in [3.8, 4) is 5.75 Å². The summed E-state index contributed by atoms with van der Waals surface area (Å²) in [5, 5.41) is 10.9. The summed E-state index contributed by atoms with van der Waals surface area (Å²) in [6.45, 7) is 2.06. The van der Waals surface area contributed by atoms with E-state index in [4.69, 9.17) is 9.84 Å². The number of ether oxygens (including phenoxy) is 1. The molecule has 6 nitrogen and oxygen atoms in total. The van der Waals surface area contributed by atoms with Gasteiger partial charge in [-0.25, -0.2) is 0 Å². The van der Waals surface area contributed by atoms with Crippen molar-refractivity contribution in [2.75, 3.05) is 33.8 Å². The van der Waals surface area contributed by atoms with Crippen molar-refractivity contribution in [1.29, 1.82) is 0 Å². The number of hydrogen-bond donors (Lipinski definition) is 1. The minimum absolute atomic E-state index is 0.0150. The Morgan fingerprint density at radius 3 is 2.71 bits per heavy atom. The molecule has 1 atom stereocenters. The average molecular weight is 425 g/mol. The van der Waals surface area contributed by atoms with Gasteiger partial charge in [-0.3, -0.25) is 9.59 Å². The number of carbonyl (C=O) groups is 2. The molecule has 31 heavy (non-hydrogen) atoms. The Morgan fingerprint density at radius 1 is 1.19 bits per heavy atom. The fraction of sp³-hybridized carbons (Fsp3) is 0.440. The van der Waals surface area contributed by atoms with E-state index in [0.29, 0.717) is 18.4 Å². The molecule has 2 aromatic carbocycles. The number of likely N-dealkylation sites (N-methyl/N-ethyl adjacent to an activating group) is 2. The quantitative estimate of drug-likeness (QED) is 0.462. The van der Waals surface area contributed by atoms with Crippen molar-refractivity contribution in [2.45, 2.75) is 38.1 Å². The minimum Gasteiger partial charge on any atom is -0.488 e. The fourth-order valence-corrected chi connectivity index (χ4v) is 4.00. The van der Waals surface area contributed by atoms with Crippen molar-refractivity contribution >= 4 is 22.6 Å². The van der Waals surface area contributed by atoms with Crippen molar-refractivity contribution in [1.82, 2.24) is 9.80 Å². The van der Waals surface area contributed by atoms with Gasteiger partial charge in [0.25, 0.3) is 5.91 Å². The molecule has 0 aliphatic carbocycles. The number of carbonyl (C=O) groups excluding carboxylic acids is 1. The van der Waals surface area contributed by atoms with Crippen LogP contribution in [0.4, 0.5) is 0 Å². The van der Waals surface area contributed by atoms with Crippen LogP contribution in [0.3, 0.4) is 0 Å². The summed E-state index contributed by atoms with van der Waals surface area (Å²) in [5.41, 5.74) is 0.625. The first-order valence-electron chi connectivity index (χ1n) is 10.9. The number of likely N-dealkylation sites (tertiary alicyclic amines) is 1. The molecule has 1 unspecified atom stereocenters. The summed E-state index contributed by atoms with van der Waals surface area (Å²) in [6.07, 6.45) is 5.02. The molecule has 0 bridgehead atoms. The van der Waals surface area contributed by atoms with Crippen molar-refractivity contribution < 1.29 is 19.4 Å². The molecule has 1 N–H and O–H groups in total. The third kappa shape index (κ3) is 6.31. The Hall–Kier alpha value is -2.86. The molecule has 1 amide bonds. The van der Waals surface area contributed by atoms with Gasteiger partial charge < -0.3 is 19.6 Å². The largest absolute Gasteiger partial charge is 0.488 e. The molecule has 6 heteroatoms. The topological polar surface area (TPSA) is 70.1 Å². The molecule has 0 radical (unpaired) electrons. The van der Waals surface area contributed by atoms with Gasteiger partial charge in [-0.1, -0.05) is 42.5 Å². The summed E-state index contributed by atoms with van der Waals surface area (Å²) in [4.78, 5) is 28.1. The first kappa shape index (κ1) is 22.8. The molecular formula is C25H32N2O4. The van der Waals surface area contributed by atoms with E-state index in [1.54, 1.807) is 0 Å². The van der Waals surface area contributed by atoms with Crippen molar-refractivity contribution in [3.63, 3.8) is 0 Å². The highest BCUT2D eigenvalue weighted by Crippen LogP contribution is 2.26. The maximum Gasteiger partial charge on any atom is 0.303 e. The summed E-state index contributed by atoms with van der Waals surface area (Å²) in [6, 6.07) is 14.1. The molecule has 166 valence electrons. The van der Waals surface area contributed by atoms with Gasteiger partial charge >= 0.3 is 5.97 Å². The molecule has 0 spiro atoms. The highest BCUT2D eigenvalue weighted by atomic mass is 16.5. The Labute approximate surface area is 184 Å². The summed E-state index contributed by atoms with van der Waals surface area (Å²) >= 11 is 0. The van der Waals surface area contributed by atoms with Crippen LogP contribution in [-0.4, -0.2) is 66.6 Å². The number of benzene rings is 2. The molecule has 0 aromatic heterocycles. The molecular weight excluding hydrogens is 392 g/mol. The molecule has 1 fully saturated rings. The smallest absolute Gasteiger partial charge is 0.303 e. The fourth-order valence-electron chi connectivity index (χ4n) is 4.00. The first-order chi connectivity index (χ1) is 15.0. The highest BCUT2D eigenvalue weighted by molar-refractivity contribution is 5.94. The van der Waals surface area contributed by atoms with Crippen molar-refractivity contribution in [2.24, 2.45) is 0 Å². The molecule has 2 aromatic rings. The monoisotopic (exact) mass is 424 g/mol. The van der Waals surface area contributed by atoms with Crippen LogP contribution in [0.1, 0.15) is 32.1 Å². The third-order valence-corrected chi connectivity index (χ3v) is 5.88. The van der Waals surface area contributed by atoms with E-state index < -0.39 is 5.97 Å². The number of amides is 1. The lowest BCUT2D eigenvalue weighted by Crippen LogP contribution is -2.40. The molecule has 1 saturated heterocycles. The second-order valence-electron chi connectivity index (χ2n) is 8.26. The predicted molar refractivity (Wildman–Crippen MR) is 122 cm³/mol. The second-order valence-corrected chi connectivity index (χ2v) is 8.26. The van der Waals surface area contributed by atoms with Gasteiger partial charge in [0.05, 0.1) is 5.57 Å². The number of aliphatic carboxylic acids is 1. The van der Waals surface area contributed by atoms with Gasteiger partial charge in [0.15, 0.2) is 0 Å². The normalized spacial score (nSPS) is 17.1. The van der Waals surface area contributed by atoms with Gasteiger partial charge in [0.1, 0.15) is 12.4 Å². The maximum atomic E-state index is 13.3. The molecule has 1 aliphatic heterocycles. The number of unbranched alkanes of at least 4 members (excludes halogenated alkanes) is 2. The van der Waals surface area contributed by atoms with Gasteiger partial charge in [0, 0.05) is 31.4 Å². The summed E-state index contributed by atoms with van der Waals surface area (Å²) in [7, 11) is 3.93. The van der Waals surface area contributed by atoms with E-state index in [2.05, 4.69) is 11.9 Å². The molecule has 3 rings (SSSR count). The molecule has 1 heterocycles. The lowest BCUT2D eigenvalue weighted by molar-refractivity contribution is -0.137. The Balaban J connectivity index is 1.71. The Kier molecular flexibility index (Phi) is 8.06. The number of allylic oxidation sites excluding steroid dienone is 1. The van der Waals surface area contributed by atoms with E-state index in [-0.39, 0.29) is 25.0 Å². The summed E-state index contributed by atoms with van der Waals surface area (Å²) in [5.74, 6) is -0.0469. The zero-order valence-corrected chi connectivity index (χ0v) is 18.4. The number of hydrogen-bond acceptors (Lipinski definition) is 4. The van der Waals surface area contributed by atoms with E-state index in [0.717, 1.165) is 42.5 Å². The number of fused-ring (bicyclic) bond motifs is 1. The van der Waals surface area contributed by atoms with Crippen LogP contribution in [0.2, 0.25) is 0 Å². The number of carboxylic acids is 1. The number of nitrogens with zero attached hydrogens (tertiary/aromatic N) is 2. The van der Waals surface area contributed by atoms with Crippen LogP contribution in [0.25, 0.3) is 10.8 Å². The van der Waals surface area contributed by atoms with Gasteiger partial charge in [0.2, 0.25) is 0 Å². The van der Waals surface area contributed by atoms with Crippen LogP contribution < -0.4 is 4.74 Å². The molecule has 0 saturated carbocycles. The lowest BCUT2D eigenvalue weighted by Gasteiger charge is -2.26. The minimum atomic E-state index is -0.787. The zero-order valence-electron chi connectivity index (χ0n) is 18.4. The SMILES string of the molecule is CN1CCC(N(C)C(=O)/C(=C/CCCCC(=O)O)COc2cccc3ccccc23)C1. The standard InChI is InChI=1S/C25H32N2O4/c1-26-16-15-21(17-26)27(2)25(30)20(10-4-3-5-14-24(28)29)18-31-23-13-8-11-19-9-6-7-12-22(19)23/h6-13,21H,3-5,14-18H2,1-2H3,(H,28,29)/b20-10+. The van der Waals surface area contributed by atoms with E-state index >= 15 is 0 Å². The van der Waals surface area contributed by atoms with Gasteiger partial charge in [-0.05, 0) is 50.7 Å². The Morgan fingerprint density at radius 2 is 1.97 bits per heavy atom. The summed E-state index contributed by atoms with van der Waals surface area (Å²) < 4.78 is 6.11. The van der Waals surface area contributed by atoms with Gasteiger partial charge in [-0.2, -0.15) is 0 Å². The number of carboxylic acid groups (broad SMARTS) is 1. The predicted octanol–water partition coefficient (Wildman–Crippen LogP) is 3.95. The van der Waals surface area contributed by atoms with Crippen LogP contribution >= 0.6 is 0 Å². The van der Waals surface area contributed by atoms with E-state index in [1.165, 1.54) is 0 Å². The average Bonchev–Trinajstić information content (AvgIpc) is 3.20. The first-order valence-corrected chi connectivity index (χ1v) is 10.9. The van der Waals surface area contributed by atoms with Crippen LogP contribution in [0.5, 0.6) is 5.75 Å². The van der Waals surface area contributed by atoms with Crippen LogP contribution in [-0.2, 0) is 9.59 Å². The lowest BCUT2D eigenvalue weighted by atomic mass is 10.1. The number of rotatable bonds is 10. The zero-order chi connectivity index (χ0) is 22.2. The Bertz CT molecular complexity index is 935. The van der Waals surface area contributed by atoms with Crippen molar-refractivity contribution in [3.05, 3.63) is 54.1 Å². The molecule has 1 aliphatic rings. The maximum absolute atomic E-state index is 13.3. The van der Waals surface area contributed by atoms with Gasteiger partial charge in [-0.15, -0.1) is 0 Å².